The van der Waals surface area contributed by atoms with Gasteiger partial charge in [-0.25, -0.2) is 4.39 Å². The Labute approximate surface area is 81.8 Å². The maximum Gasteiger partial charge on any atom is 0.108 e. The van der Waals surface area contributed by atoms with Crippen molar-refractivity contribution in [2.24, 2.45) is 11.1 Å². The van der Waals surface area contributed by atoms with E-state index in [-0.39, 0.29) is 11.5 Å². The first-order chi connectivity index (χ1) is 6.04. The van der Waals surface area contributed by atoms with Crippen molar-refractivity contribution in [1.29, 1.82) is 0 Å². The Balaban J connectivity index is 2.18. The van der Waals surface area contributed by atoms with Gasteiger partial charge in [0.2, 0.25) is 0 Å². The van der Waals surface area contributed by atoms with Gasteiger partial charge in [0, 0.05) is 21.2 Å². The first-order valence-electron chi connectivity index (χ1n) is 4.50. The van der Waals surface area contributed by atoms with E-state index in [9.17, 15) is 4.39 Å². The zero-order valence-electron chi connectivity index (χ0n) is 7.88. The number of alkyl halides is 1. The highest BCUT2D eigenvalue weighted by atomic mass is 32.1. The molecule has 13 heavy (non-hydrogen) atoms. The largest absolute Gasteiger partial charge is 0.323 e. The van der Waals surface area contributed by atoms with Crippen molar-refractivity contribution in [3.05, 3.63) is 21.9 Å². The Hall–Kier alpha value is -0.410. The summed E-state index contributed by atoms with van der Waals surface area (Å²) in [6.45, 7) is 3.97. The van der Waals surface area contributed by atoms with Gasteiger partial charge in [0.25, 0.3) is 0 Å². The summed E-state index contributed by atoms with van der Waals surface area (Å²) in [5.41, 5.74) is 5.71. The van der Waals surface area contributed by atoms with Gasteiger partial charge >= 0.3 is 0 Å². The number of rotatable bonds is 2. The van der Waals surface area contributed by atoms with E-state index >= 15 is 0 Å². The standard InChI is InChI=1S/C10H14FNS/c1-6-3-4-7(13-6)9(12)10(2)5-8(10)11/h3-4,8-9H,5,12H2,1-2H3. The fraction of sp³-hybridized carbons (Fsp3) is 0.600. The van der Waals surface area contributed by atoms with Gasteiger partial charge in [0.15, 0.2) is 0 Å². The van der Waals surface area contributed by atoms with Gasteiger partial charge in [-0.1, -0.05) is 6.92 Å². The van der Waals surface area contributed by atoms with Crippen LogP contribution in [0.25, 0.3) is 0 Å². The van der Waals surface area contributed by atoms with E-state index in [4.69, 9.17) is 5.73 Å². The number of hydrogen-bond donors (Lipinski definition) is 1. The van der Waals surface area contributed by atoms with Gasteiger partial charge in [-0.05, 0) is 25.5 Å². The maximum atomic E-state index is 13.0. The summed E-state index contributed by atoms with van der Waals surface area (Å²) >= 11 is 1.67. The molecule has 3 atom stereocenters. The third-order valence-corrected chi connectivity index (χ3v) is 4.04. The van der Waals surface area contributed by atoms with Gasteiger partial charge in [-0.2, -0.15) is 0 Å². The molecule has 1 aliphatic rings. The van der Waals surface area contributed by atoms with Crippen LogP contribution in [-0.4, -0.2) is 6.17 Å². The third kappa shape index (κ3) is 1.40. The molecule has 1 aromatic heterocycles. The normalized spacial score (nSPS) is 34.6. The minimum Gasteiger partial charge on any atom is -0.323 e. The highest BCUT2D eigenvalue weighted by Crippen LogP contribution is 2.56. The van der Waals surface area contributed by atoms with Gasteiger partial charge in [0.1, 0.15) is 6.17 Å². The molecule has 1 saturated carbocycles. The van der Waals surface area contributed by atoms with Crippen molar-refractivity contribution in [2.45, 2.75) is 32.5 Å². The van der Waals surface area contributed by atoms with E-state index in [0.29, 0.717) is 6.42 Å². The number of aryl methyl sites for hydroxylation is 1. The second-order valence-corrected chi connectivity index (χ2v) is 5.42. The van der Waals surface area contributed by atoms with Crippen LogP contribution in [0.15, 0.2) is 12.1 Å². The highest BCUT2D eigenvalue weighted by molar-refractivity contribution is 7.12. The molecule has 0 aliphatic heterocycles. The Bertz CT molecular complexity index is 322. The molecule has 1 aromatic rings. The van der Waals surface area contributed by atoms with E-state index in [1.54, 1.807) is 11.3 Å². The molecule has 0 aromatic carbocycles. The molecule has 72 valence electrons. The van der Waals surface area contributed by atoms with Crippen LogP contribution in [-0.2, 0) is 0 Å². The minimum absolute atomic E-state index is 0.124. The molecule has 2 N–H and O–H groups in total. The molecule has 3 heteroatoms. The molecule has 2 rings (SSSR count). The molecule has 0 radical (unpaired) electrons. The summed E-state index contributed by atoms with van der Waals surface area (Å²) in [5, 5.41) is 0. The second kappa shape index (κ2) is 2.79. The Kier molecular flexibility index (Phi) is 1.96. The summed E-state index contributed by atoms with van der Waals surface area (Å²) in [7, 11) is 0. The molecule has 3 unspecified atom stereocenters. The van der Waals surface area contributed by atoms with Crippen LogP contribution < -0.4 is 5.73 Å². The number of halogens is 1. The van der Waals surface area contributed by atoms with Crippen LogP contribution in [0.1, 0.15) is 29.1 Å². The zero-order valence-corrected chi connectivity index (χ0v) is 8.70. The van der Waals surface area contributed by atoms with Gasteiger partial charge in [-0.3, -0.25) is 0 Å². The SMILES string of the molecule is Cc1ccc(C(N)C2(C)CC2F)s1. The van der Waals surface area contributed by atoms with Gasteiger partial charge in [-0.15, -0.1) is 11.3 Å². The predicted octanol–water partition coefficient (Wildman–Crippen LogP) is 2.80. The lowest BCUT2D eigenvalue weighted by Crippen LogP contribution is -2.21. The van der Waals surface area contributed by atoms with E-state index in [2.05, 4.69) is 0 Å². The zero-order chi connectivity index (χ0) is 9.64. The average molecular weight is 199 g/mol. The number of thiophene rings is 1. The molecule has 0 saturated heterocycles. The quantitative estimate of drug-likeness (QED) is 0.778. The van der Waals surface area contributed by atoms with E-state index < -0.39 is 6.17 Å². The topological polar surface area (TPSA) is 26.0 Å². The van der Waals surface area contributed by atoms with Crippen LogP contribution in [0.3, 0.4) is 0 Å². The third-order valence-electron chi connectivity index (χ3n) is 2.95. The second-order valence-electron chi connectivity index (χ2n) is 4.10. The van der Waals surface area contributed by atoms with Crippen LogP contribution in [0.2, 0.25) is 0 Å². The molecular weight excluding hydrogens is 185 g/mol. The van der Waals surface area contributed by atoms with E-state index in [1.807, 2.05) is 26.0 Å². The van der Waals surface area contributed by atoms with Crippen molar-refractivity contribution in [3.63, 3.8) is 0 Å². The summed E-state index contributed by atoms with van der Waals surface area (Å²) < 4.78 is 13.0. The van der Waals surface area contributed by atoms with Crippen molar-refractivity contribution in [3.8, 4) is 0 Å². The van der Waals surface area contributed by atoms with Crippen LogP contribution in [0.5, 0.6) is 0 Å². The van der Waals surface area contributed by atoms with Crippen molar-refractivity contribution in [2.75, 3.05) is 0 Å². The highest BCUT2D eigenvalue weighted by Gasteiger charge is 2.55. The smallest absolute Gasteiger partial charge is 0.108 e. The maximum absolute atomic E-state index is 13.0. The fourth-order valence-electron chi connectivity index (χ4n) is 1.59. The first-order valence-corrected chi connectivity index (χ1v) is 5.31. The van der Waals surface area contributed by atoms with Gasteiger partial charge in [0.05, 0.1) is 0 Å². The summed E-state index contributed by atoms with van der Waals surface area (Å²) in [6, 6.07) is 3.93. The lowest BCUT2D eigenvalue weighted by Gasteiger charge is -2.16. The van der Waals surface area contributed by atoms with Gasteiger partial charge < -0.3 is 5.73 Å². The fourth-order valence-corrected chi connectivity index (χ4v) is 2.63. The summed E-state index contributed by atoms with van der Waals surface area (Å²) in [5.74, 6) is 0. The number of nitrogens with two attached hydrogens (primary N) is 1. The monoisotopic (exact) mass is 199 g/mol. The number of hydrogen-bond acceptors (Lipinski definition) is 2. The molecule has 0 bridgehead atoms. The average Bonchev–Trinajstić information content (AvgIpc) is 2.51. The molecule has 1 heterocycles. The lowest BCUT2D eigenvalue weighted by atomic mass is 9.98. The van der Waals surface area contributed by atoms with Crippen molar-refractivity contribution < 1.29 is 4.39 Å². The minimum atomic E-state index is -0.704. The molecule has 1 fully saturated rings. The van der Waals surface area contributed by atoms with E-state index in [1.165, 1.54) is 4.88 Å². The van der Waals surface area contributed by atoms with Crippen LogP contribution in [0.4, 0.5) is 4.39 Å². The summed E-state index contributed by atoms with van der Waals surface area (Å²) in [4.78, 5) is 2.35. The summed E-state index contributed by atoms with van der Waals surface area (Å²) in [6.07, 6.45) is -0.0876. The van der Waals surface area contributed by atoms with Crippen molar-refractivity contribution >= 4 is 11.3 Å². The predicted molar refractivity (Wildman–Crippen MR) is 53.6 cm³/mol. The Morgan fingerprint density at radius 1 is 1.69 bits per heavy atom. The van der Waals surface area contributed by atoms with Crippen LogP contribution >= 0.6 is 11.3 Å². The van der Waals surface area contributed by atoms with Crippen LogP contribution in [0, 0.1) is 12.3 Å². The first kappa shape index (κ1) is 9.16. The Morgan fingerprint density at radius 2 is 2.31 bits per heavy atom. The molecule has 0 spiro atoms. The molecular formula is C10H14FNS. The molecule has 1 nitrogen and oxygen atoms in total. The Morgan fingerprint density at radius 3 is 2.69 bits per heavy atom. The molecule has 0 amide bonds. The lowest BCUT2D eigenvalue weighted by molar-refractivity contribution is 0.335. The van der Waals surface area contributed by atoms with E-state index in [0.717, 1.165) is 4.88 Å². The molecule has 1 aliphatic carbocycles. The van der Waals surface area contributed by atoms with Crippen molar-refractivity contribution in [1.82, 2.24) is 0 Å².